The summed E-state index contributed by atoms with van der Waals surface area (Å²) in [6.07, 6.45) is 11.7. The Kier molecular flexibility index (Phi) is 14.7. The van der Waals surface area contributed by atoms with Crippen LogP contribution in [0, 0.1) is 0 Å². The van der Waals surface area contributed by atoms with E-state index in [-0.39, 0.29) is 18.4 Å². The maximum absolute atomic E-state index is 11.9. The minimum absolute atomic E-state index is 0.0255. The highest BCUT2D eigenvalue weighted by Crippen LogP contribution is 2.10. The van der Waals surface area contributed by atoms with Crippen LogP contribution in [0.15, 0.2) is 0 Å². The van der Waals surface area contributed by atoms with E-state index >= 15 is 0 Å². The molecule has 0 aliphatic rings. The van der Waals surface area contributed by atoms with Crippen LogP contribution in [0.5, 0.6) is 0 Å². The first-order valence-electron chi connectivity index (χ1n) is 9.63. The Hall–Kier alpha value is -1.10. The molecule has 0 rings (SSSR count). The van der Waals surface area contributed by atoms with Crippen molar-refractivity contribution in [1.82, 2.24) is 10.2 Å². The molecule has 0 heterocycles. The lowest BCUT2D eigenvalue weighted by Crippen LogP contribution is -2.39. The summed E-state index contributed by atoms with van der Waals surface area (Å²) in [4.78, 5) is 25.3. The number of hydrogen-bond donors (Lipinski definition) is 1. The van der Waals surface area contributed by atoms with E-state index in [0.717, 1.165) is 12.8 Å². The lowest BCUT2D eigenvalue weighted by atomic mass is 10.1. The van der Waals surface area contributed by atoms with Crippen LogP contribution in [0.4, 0.5) is 0 Å². The second kappa shape index (κ2) is 15.4. The normalized spacial score (nSPS) is 12.2. The van der Waals surface area contributed by atoms with E-state index in [9.17, 15) is 9.59 Å². The highest BCUT2D eigenvalue weighted by atomic mass is 16.6. The Morgan fingerprint density at radius 2 is 1.46 bits per heavy atom. The molecule has 1 unspecified atom stereocenters. The molecule has 1 amide bonds. The van der Waals surface area contributed by atoms with Crippen LogP contribution in [0.1, 0.15) is 84.5 Å². The topological polar surface area (TPSA) is 58.6 Å². The van der Waals surface area contributed by atoms with Crippen LogP contribution in [-0.2, 0) is 14.3 Å². The molecule has 1 N–H and O–H groups in total. The molecule has 1 atom stereocenters. The Bertz CT molecular complexity index is 333. The fourth-order valence-electron chi connectivity index (χ4n) is 2.52. The molecule has 0 bridgehead atoms. The molecule has 0 aliphatic heterocycles. The van der Waals surface area contributed by atoms with Crippen molar-refractivity contribution < 1.29 is 14.3 Å². The van der Waals surface area contributed by atoms with Crippen LogP contribution in [0.25, 0.3) is 0 Å². The van der Waals surface area contributed by atoms with Gasteiger partial charge in [0.2, 0.25) is 5.91 Å². The molecule has 142 valence electrons. The first-order chi connectivity index (χ1) is 11.5. The third-order valence-corrected chi connectivity index (χ3v) is 3.92. The lowest BCUT2D eigenvalue weighted by molar-refractivity contribution is -0.153. The van der Waals surface area contributed by atoms with Crippen LogP contribution in [0.3, 0.4) is 0 Å². The molecule has 24 heavy (non-hydrogen) atoms. The second-order valence-corrected chi connectivity index (χ2v) is 6.77. The van der Waals surface area contributed by atoms with Gasteiger partial charge in [-0.1, -0.05) is 65.2 Å². The number of carbonyl (C=O) groups is 2. The lowest BCUT2D eigenvalue weighted by Gasteiger charge is -2.19. The zero-order chi connectivity index (χ0) is 18.2. The van der Waals surface area contributed by atoms with Crippen molar-refractivity contribution in [2.24, 2.45) is 0 Å². The molecule has 0 aliphatic carbocycles. The molecular weight excluding hydrogens is 304 g/mol. The van der Waals surface area contributed by atoms with Crippen molar-refractivity contribution in [2.75, 3.05) is 20.6 Å². The van der Waals surface area contributed by atoms with Gasteiger partial charge in [-0.3, -0.25) is 14.5 Å². The summed E-state index contributed by atoms with van der Waals surface area (Å²) in [5.41, 5.74) is 0. The predicted octanol–water partition coefficient (Wildman–Crippen LogP) is 3.86. The van der Waals surface area contributed by atoms with Crippen molar-refractivity contribution in [3.05, 3.63) is 0 Å². The summed E-state index contributed by atoms with van der Waals surface area (Å²) in [6, 6.07) is 0. The average Bonchev–Trinajstić information content (AvgIpc) is 2.51. The molecule has 0 fully saturated rings. The molecule has 0 spiro atoms. The van der Waals surface area contributed by atoms with Crippen LogP contribution in [0.2, 0.25) is 0 Å². The minimum atomic E-state index is -0.511. The van der Waals surface area contributed by atoms with E-state index in [2.05, 4.69) is 12.2 Å². The monoisotopic (exact) mass is 342 g/mol. The molecule has 0 saturated carbocycles. The number of esters is 1. The van der Waals surface area contributed by atoms with Gasteiger partial charge in [-0.15, -0.1) is 0 Å². The van der Waals surface area contributed by atoms with E-state index < -0.39 is 6.23 Å². The van der Waals surface area contributed by atoms with Crippen molar-refractivity contribution in [3.8, 4) is 0 Å². The summed E-state index contributed by atoms with van der Waals surface area (Å²) in [6.45, 7) is 4.36. The summed E-state index contributed by atoms with van der Waals surface area (Å²) < 4.78 is 5.26. The average molecular weight is 343 g/mol. The SMILES string of the molecule is CCCCCCCCCCCC(=O)NC(CC)OC(=O)CN(C)C. The van der Waals surface area contributed by atoms with Gasteiger partial charge in [0.25, 0.3) is 0 Å². The van der Waals surface area contributed by atoms with E-state index in [0.29, 0.717) is 12.8 Å². The molecular formula is C19H38N2O3. The van der Waals surface area contributed by atoms with Crippen molar-refractivity contribution in [3.63, 3.8) is 0 Å². The number of nitrogens with one attached hydrogen (secondary N) is 1. The van der Waals surface area contributed by atoms with Gasteiger partial charge >= 0.3 is 5.97 Å². The number of carbonyl (C=O) groups excluding carboxylic acids is 2. The first kappa shape index (κ1) is 22.9. The maximum Gasteiger partial charge on any atom is 0.322 e. The van der Waals surface area contributed by atoms with Crippen LogP contribution < -0.4 is 5.32 Å². The fourth-order valence-corrected chi connectivity index (χ4v) is 2.52. The number of unbranched alkanes of at least 4 members (excludes halogenated alkanes) is 8. The fraction of sp³-hybridized carbons (Fsp3) is 0.895. The van der Waals surface area contributed by atoms with Crippen molar-refractivity contribution in [1.29, 1.82) is 0 Å². The van der Waals surface area contributed by atoms with Gasteiger partial charge in [0, 0.05) is 12.8 Å². The van der Waals surface area contributed by atoms with Gasteiger partial charge in [0.15, 0.2) is 6.23 Å². The maximum atomic E-state index is 11.9. The summed E-state index contributed by atoms with van der Waals surface area (Å²) in [7, 11) is 3.62. The summed E-state index contributed by atoms with van der Waals surface area (Å²) >= 11 is 0. The van der Waals surface area contributed by atoms with Gasteiger partial charge in [-0.25, -0.2) is 0 Å². The van der Waals surface area contributed by atoms with Gasteiger partial charge < -0.3 is 10.1 Å². The highest BCUT2D eigenvalue weighted by molar-refractivity contribution is 5.77. The third kappa shape index (κ3) is 14.5. The zero-order valence-electron chi connectivity index (χ0n) is 16.2. The smallest absolute Gasteiger partial charge is 0.322 e. The van der Waals surface area contributed by atoms with Gasteiger partial charge in [0.05, 0.1) is 6.54 Å². The Morgan fingerprint density at radius 3 is 1.96 bits per heavy atom. The standard InChI is InChI=1S/C19H38N2O3/c1-5-7-8-9-10-11-12-13-14-15-17(22)20-18(6-2)24-19(23)16-21(3)4/h18H,5-16H2,1-4H3,(H,20,22). The largest absolute Gasteiger partial charge is 0.441 e. The van der Waals surface area contributed by atoms with Gasteiger partial charge in [-0.05, 0) is 20.5 Å². The molecule has 5 nitrogen and oxygen atoms in total. The molecule has 0 radical (unpaired) electrons. The quantitative estimate of drug-likeness (QED) is 0.279. The summed E-state index contributed by atoms with van der Waals surface area (Å²) in [5, 5.41) is 2.80. The number of amides is 1. The zero-order valence-corrected chi connectivity index (χ0v) is 16.2. The van der Waals surface area contributed by atoms with Crippen LogP contribution >= 0.6 is 0 Å². The van der Waals surface area contributed by atoms with Crippen molar-refractivity contribution >= 4 is 11.9 Å². The predicted molar refractivity (Wildman–Crippen MR) is 98.7 cm³/mol. The Balaban J connectivity index is 3.66. The van der Waals surface area contributed by atoms with E-state index in [4.69, 9.17) is 4.74 Å². The molecule has 5 heteroatoms. The number of rotatable bonds is 15. The van der Waals surface area contributed by atoms with E-state index in [1.165, 1.54) is 44.9 Å². The first-order valence-corrected chi connectivity index (χ1v) is 9.63. The number of nitrogens with zero attached hydrogens (tertiary/aromatic N) is 1. The van der Waals surface area contributed by atoms with Crippen molar-refractivity contribution in [2.45, 2.75) is 90.7 Å². The second-order valence-electron chi connectivity index (χ2n) is 6.77. The molecule has 0 aromatic carbocycles. The summed E-state index contributed by atoms with van der Waals surface area (Å²) in [5.74, 6) is -0.335. The van der Waals surface area contributed by atoms with Gasteiger partial charge in [-0.2, -0.15) is 0 Å². The molecule has 0 aromatic heterocycles. The Morgan fingerprint density at radius 1 is 0.917 bits per heavy atom. The number of ether oxygens (including phenoxy) is 1. The number of hydrogen-bond acceptors (Lipinski definition) is 4. The van der Waals surface area contributed by atoms with E-state index in [1.54, 1.807) is 4.90 Å². The van der Waals surface area contributed by atoms with Crippen LogP contribution in [-0.4, -0.2) is 43.6 Å². The highest BCUT2D eigenvalue weighted by Gasteiger charge is 2.15. The number of likely N-dealkylation sites (N-methyl/N-ethyl adjacent to an activating group) is 1. The molecule has 0 saturated heterocycles. The van der Waals surface area contributed by atoms with E-state index in [1.807, 2.05) is 21.0 Å². The minimum Gasteiger partial charge on any atom is -0.441 e. The van der Waals surface area contributed by atoms with Gasteiger partial charge in [0.1, 0.15) is 0 Å². The third-order valence-electron chi connectivity index (χ3n) is 3.92. The molecule has 0 aromatic rings. The Labute approximate surface area is 148 Å².